The fraction of sp³-hybridized carbons (Fsp3) is 0.293. The number of carbonyl (C=O) groups is 2. The van der Waals surface area contributed by atoms with E-state index < -0.39 is 24.3 Å². The Kier molecular flexibility index (Phi) is 12.4. The summed E-state index contributed by atoms with van der Waals surface area (Å²) >= 11 is 1.66. The van der Waals surface area contributed by atoms with Crippen LogP contribution >= 0.6 is 11.8 Å². The van der Waals surface area contributed by atoms with Crippen LogP contribution in [-0.2, 0) is 45.6 Å². The molecule has 1 fully saturated rings. The SMILES string of the molecule is COC(=O)[C@H](Cc1ccccc1)NC(=O)NCc1cccc(-c2cccc([C@H]3O[C@@H](CSc4nccn4C)[C@@H](C)[C@@H](c4ccc(CO)cc4)O3)c2)c1. The molecule has 2 amide bonds. The predicted octanol–water partition coefficient (Wildman–Crippen LogP) is 6.75. The Balaban J connectivity index is 1.16. The minimum atomic E-state index is -0.818. The molecule has 0 aliphatic carbocycles. The lowest BCUT2D eigenvalue weighted by atomic mass is 9.91. The summed E-state index contributed by atoms with van der Waals surface area (Å²) in [7, 11) is 3.29. The zero-order valence-corrected chi connectivity index (χ0v) is 30.3. The molecule has 0 saturated carbocycles. The maximum atomic E-state index is 12.9. The van der Waals surface area contributed by atoms with Crippen LogP contribution in [0.2, 0.25) is 0 Å². The van der Waals surface area contributed by atoms with Crippen LogP contribution in [0.3, 0.4) is 0 Å². The topological polar surface area (TPSA) is 124 Å². The number of imidazole rings is 1. The highest BCUT2D eigenvalue weighted by Gasteiger charge is 2.38. The highest BCUT2D eigenvalue weighted by Crippen LogP contribution is 2.43. The van der Waals surface area contributed by atoms with Gasteiger partial charge in [-0.2, -0.15) is 0 Å². The van der Waals surface area contributed by atoms with E-state index in [0.717, 1.165) is 44.1 Å². The van der Waals surface area contributed by atoms with Gasteiger partial charge in [-0.15, -0.1) is 0 Å². The van der Waals surface area contributed by atoms with Gasteiger partial charge < -0.3 is 34.5 Å². The van der Waals surface area contributed by atoms with Crippen LogP contribution in [0.1, 0.15) is 47.1 Å². The van der Waals surface area contributed by atoms with Crippen LogP contribution in [0, 0.1) is 5.92 Å². The number of nitrogens with zero attached hydrogens (tertiary/aromatic N) is 2. The van der Waals surface area contributed by atoms with Crippen molar-refractivity contribution in [3.05, 3.63) is 143 Å². The fourth-order valence-corrected chi connectivity index (χ4v) is 7.36. The quantitative estimate of drug-likeness (QED) is 0.0903. The lowest BCUT2D eigenvalue weighted by Gasteiger charge is -2.41. The largest absolute Gasteiger partial charge is 0.467 e. The lowest BCUT2D eigenvalue weighted by molar-refractivity contribution is -0.268. The Hall–Kier alpha value is -4.94. The van der Waals surface area contributed by atoms with Crippen molar-refractivity contribution in [1.29, 1.82) is 0 Å². The van der Waals surface area contributed by atoms with E-state index in [1.165, 1.54) is 7.11 Å². The highest BCUT2D eigenvalue weighted by molar-refractivity contribution is 7.99. The van der Waals surface area contributed by atoms with Gasteiger partial charge in [-0.25, -0.2) is 14.6 Å². The summed E-state index contributed by atoms with van der Waals surface area (Å²) in [6.07, 6.45) is 3.08. The third kappa shape index (κ3) is 9.29. The number of carbonyl (C=O) groups excluding carboxylic acids is 2. The van der Waals surface area contributed by atoms with Crippen LogP contribution < -0.4 is 10.6 Å². The Morgan fingerprint density at radius 3 is 2.35 bits per heavy atom. The molecular weight excluding hydrogens is 677 g/mol. The number of rotatable bonds is 13. The molecule has 0 bridgehead atoms. The summed E-state index contributed by atoms with van der Waals surface area (Å²) in [6, 6.07) is 32.2. The number of aryl methyl sites for hydroxylation is 1. The van der Waals surface area contributed by atoms with E-state index in [-0.39, 0.29) is 31.3 Å². The Morgan fingerprint density at radius 2 is 1.63 bits per heavy atom. The van der Waals surface area contributed by atoms with E-state index in [2.05, 4.69) is 28.6 Å². The average Bonchev–Trinajstić information content (AvgIpc) is 3.60. The van der Waals surface area contributed by atoms with Crippen molar-refractivity contribution in [1.82, 2.24) is 20.2 Å². The normalized spacial score (nSPS) is 19.1. The summed E-state index contributed by atoms with van der Waals surface area (Å²) in [5, 5.41) is 16.2. The molecule has 2 heterocycles. The summed E-state index contributed by atoms with van der Waals surface area (Å²) in [6.45, 7) is 2.40. The first-order chi connectivity index (χ1) is 25.3. The number of ether oxygens (including phenoxy) is 3. The number of hydrogen-bond donors (Lipinski definition) is 3. The van der Waals surface area contributed by atoms with Crippen LogP contribution in [0.25, 0.3) is 11.1 Å². The standard InChI is InChI=1S/C41H44N4O6S/c1-27-36(26-52-41-42-19-20-45(41)2)50-39(51-37(27)31-17-15-29(25-46)16-18-31)34-14-8-13-33(23-34)32-12-7-11-30(21-32)24-43-40(48)44-35(38(47)49-3)22-28-9-5-4-6-10-28/h4-21,23,27,35-37,39,46H,22,24-26H2,1-3H3,(H2,43,44,48)/t27-,35+,36+,37+,39+/m1/s1. The van der Waals surface area contributed by atoms with Crippen molar-refractivity contribution in [3.8, 4) is 11.1 Å². The van der Waals surface area contributed by atoms with Gasteiger partial charge in [0.05, 0.1) is 25.9 Å². The van der Waals surface area contributed by atoms with E-state index in [1.54, 1.807) is 18.0 Å². The Labute approximate surface area is 308 Å². The molecule has 5 atom stereocenters. The minimum absolute atomic E-state index is 0.0160. The second kappa shape index (κ2) is 17.5. The molecule has 5 aromatic rings. The zero-order chi connectivity index (χ0) is 36.5. The summed E-state index contributed by atoms with van der Waals surface area (Å²) in [5.74, 6) is 0.242. The number of hydrogen-bond acceptors (Lipinski definition) is 8. The number of aliphatic hydroxyl groups is 1. The number of amides is 2. The number of benzene rings is 4. The second-order valence-electron chi connectivity index (χ2n) is 12.9. The molecule has 10 nitrogen and oxygen atoms in total. The summed E-state index contributed by atoms with van der Waals surface area (Å²) in [5.41, 5.74) is 6.53. The first-order valence-corrected chi connectivity index (χ1v) is 18.3. The molecule has 52 heavy (non-hydrogen) atoms. The molecular formula is C41H44N4O6S. The second-order valence-corrected chi connectivity index (χ2v) is 13.9. The monoisotopic (exact) mass is 720 g/mol. The average molecular weight is 721 g/mol. The van der Waals surface area contributed by atoms with E-state index in [0.29, 0.717) is 12.2 Å². The third-order valence-corrected chi connectivity index (χ3v) is 10.4. The maximum absolute atomic E-state index is 12.9. The van der Waals surface area contributed by atoms with Crippen LogP contribution in [0.4, 0.5) is 4.79 Å². The van der Waals surface area contributed by atoms with Gasteiger partial charge in [0.15, 0.2) is 11.4 Å². The van der Waals surface area contributed by atoms with Crippen molar-refractivity contribution in [3.63, 3.8) is 0 Å². The fourth-order valence-electron chi connectivity index (χ4n) is 6.26. The molecule has 1 saturated heterocycles. The van der Waals surface area contributed by atoms with E-state index in [9.17, 15) is 14.7 Å². The molecule has 11 heteroatoms. The smallest absolute Gasteiger partial charge is 0.328 e. The van der Waals surface area contributed by atoms with Gasteiger partial charge in [0.2, 0.25) is 0 Å². The summed E-state index contributed by atoms with van der Waals surface area (Å²) in [4.78, 5) is 29.8. The molecule has 0 spiro atoms. The molecule has 270 valence electrons. The molecule has 6 rings (SSSR count). The van der Waals surface area contributed by atoms with E-state index in [4.69, 9.17) is 14.2 Å². The van der Waals surface area contributed by atoms with Gasteiger partial charge in [-0.05, 0) is 45.5 Å². The van der Waals surface area contributed by atoms with Gasteiger partial charge in [0, 0.05) is 49.6 Å². The van der Waals surface area contributed by atoms with Crippen molar-refractivity contribution in [2.45, 2.75) is 56.2 Å². The summed E-state index contributed by atoms with van der Waals surface area (Å²) < 4.78 is 20.3. The highest BCUT2D eigenvalue weighted by atomic mass is 32.2. The zero-order valence-electron chi connectivity index (χ0n) is 29.5. The van der Waals surface area contributed by atoms with Gasteiger partial charge in [-0.1, -0.05) is 110 Å². The molecule has 0 unspecified atom stereocenters. The van der Waals surface area contributed by atoms with E-state index in [1.807, 2.05) is 115 Å². The van der Waals surface area contributed by atoms with Crippen LogP contribution in [0.5, 0.6) is 0 Å². The van der Waals surface area contributed by atoms with Crippen molar-refractivity contribution < 1.29 is 28.9 Å². The van der Waals surface area contributed by atoms with Crippen LogP contribution in [0.15, 0.2) is 121 Å². The molecule has 1 aromatic heterocycles. The molecule has 0 radical (unpaired) electrons. The molecule has 4 aromatic carbocycles. The lowest BCUT2D eigenvalue weighted by Crippen LogP contribution is -2.47. The molecule has 3 N–H and O–H groups in total. The van der Waals surface area contributed by atoms with Gasteiger partial charge >= 0.3 is 12.0 Å². The Bertz CT molecular complexity index is 1940. The molecule has 1 aliphatic rings. The van der Waals surface area contributed by atoms with Gasteiger partial charge in [0.1, 0.15) is 6.04 Å². The van der Waals surface area contributed by atoms with Crippen molar-refractivity contribution >= 4 is 23.8 Å². The van der Waals surface area contributed by atoms with Crippen LogP contribution in [-0.4, -0.2) is 51.7 Å². The Morgan fingerprint density at radius 1 is 0.904 bits per heavy atom. The number of methoxy groups -OCH3 is 1. The number of thioether (sulfide) groups is 1. The van der Waals surface area contributed by atoms with Gasteiger partial charge in [0.25, 0.3) is 0 Å². The first-order valence-electron chi connectivity index (χ1n) is 17.3. The van der Waals surface area contributed by atoms with Crippen molar-refractivity contribution in [2.24, 2.45) is 13.0 Å². The van der Waals surface area contributed by atoms with Crippen molar-refractivity contribution in [2.75, 3.05) is 12.9 Å². The minimum Gasteiger partial charge on any atom is -0.467 e. The maximum Gasteiger partial charge on any atom is 0.328 e. The number of nitrogens with one attached hydrogen (secondary N) is 2. The first kappa shape index (κ1) is 36.8. The van der Waals surface area contributed by atoms with Gasteiger partial charge in [-0.3, -0.25) is 0 Å². The number of esters is 1. The predicted molar refractivity (Wildman–Crippen MR) is 200 cm³/mol. The number of urea groups is 1. The number of aromatic nitrogens is 2. The molecule has 1 aliphatic heterocycles. The van der Waals surface area contributed by atoms with E-state index >= 15 is 0 Å². The number of aliphatic hydroxyl groups excluding tert-OH is 1. The third-order valence-electron chi connectivity index (χ3n) is 9.22.